The Morgan fingerprint density at radius 2 is 1.95 bits per heavy atom. The van der Waals surface area contributed by atoms with Gasteiger partial charge in [0.15, 0.2) is 0 Å². The van der Waals surface area contributed by atoms with Crippen LogP contribution in [0, 0.1) is 13.8 Å². The molecule has 22 heavy (non-hydrogen) atoms. The molecule has 0 saturated carbocycles. The fourth-order valence-electron chi connectivity index (χ4n) is 2.61. The number of fused-ring (bicyclic) bond motifs is 1. The highest BCUT2D eigenvalue weighted by atomic mass is 16.5. The first-order valence-corrected chi connectivity index (χ1v) is 7.44. The summed E-state index contributed by atoms with van der Waals surface area (Å²) in [5, 5.41) is 9.49. The van der Waals surface area contributed by atoms with E-state index in [1.807, 2.05) is 41.8 Å². The highest BCUT2D eigenvalue weighted by Gasteiger charge is 2.09. The molecule has 0 atom stereocenters. The molecule has 1 heterocycles. The number of hydrogen-bond donors (Lipinski definition) is 1. The number of hydrogen-bond acceptors (Lipinski definition) is 3. The molecule has 3 aromatic rings. The van der Waals surface area contributed by atoms with Gasteiger partial charge in [0, 0.05) is 0 Å². The molecule has 0 radical (unpaired) electrons. The molecule has 4 nitrogen and oxygen atoms in total. The first-order chi connectivity index (χ1) is 10.7. The quantitative estimate of drug-likeness (QED) is 0.786. The second kappa shape index (κ2) is 6.20. The second-order valence-corrected chi connectivity index (χ2v) is 5.44. The lowest BCUT2D eigenvalue weighted by Crippen LogP contribution is -2.11. The Balaban J connectivity index is 1.78. The number of aryl methyl sites for hydroxylation is 2. The van der Waals surface area contributed by atoms with Gasteiger partial charge in [-0.25, -0.2) is 4.98 Å². The first-order valence-electron chi connectivity index (χ1n) is 7.44. The van der Waals surface area contributed by atoms with E-state index in [4.69, 9.17) is 4.74 Å². The predicted molar refractivity (Wildman–Crippen MR) is 87.1 cm³/mol. The molecule has 0 aliphatic heterocycles. The number of benzene rings is 2. The van der Waals surface area contributed by atoms with Crippen molar-refractivity contribution < 1.29 is 9.84 Å². The smallest absolute Gasteiger partial charge is 0.135 e. The van der Waals surface area contributed by atoms with E-state index in [1.165, 1.54) is 5.56 Å². The van der Waals surface area contributed by atoms with E-state index in [-0.39, 0.29) is 6.61 Å². The summed E-state index contributed by atoms with van der Waals surface area (Å²) < 4.78 is 7.92. The van der Waals surface area contributed by atoms with E-state index in [9.17, 15) is 5.11 Å². The van der Waals surface area contributed by atoms with Crippen LogP contribution >= 0.6 is 0 Å². The minimum absolute atomic E-state index is 0.0713. The van der Waals surface area contributed by atoms with E-state index in [2.05, 4.69) is 24.0 Å². The Labute approximate surface area is 130 Å². The second-order valence-electron chi connectivity index (χ2n) is 5.44. The summed E-state index contributed by atoms with van der Waals surface area (Å²) in [5.41, 5.74) is 4.24. The fraction of sp³-hybridized carbons (Fsp3) is 0.278. The zero-order valence-corrected chi connectivity index (χ0v) is 12.9. The summed E-state index contributed by atoms with van der Waals surface area (Å²) >= 11 is 0. The molecule has 0 unspecified atom stereocenters. The maximum Gasteiger partial charge on any atom is 0.135 e. The molecule has 0 spiro atoms. The van der Waals surface area contributed by atoms with Crippen molar-refractivity contribution in [1.29, 1.82) is 0 Å². The summed E-state index contributed by atoms with van der Waals surface area (Å²) in [7, 11) is 0. The van der Waals surface area contributed by atoms with Crippen LogP contribution in [0.3, 0.4) is 0 Å². The highest BCUT2D eigenvalue weighted by Crippen LogP contribution is 2.20. The van der Waals surface area contributed by atoms with E-state index < -0.39 is 0 Å². The van der Waals surface area contributed by atoms with Gasteiger partial charge in [0.25, 0.3) is 0 Å². The molecule has 1 aromatic heterocycles. The third-order valence-electron chi connectivity index (χ3n) is 3.79. The van der Waals surface area contributed by atoms with Gasteiger partial charge in [0.05, 0.1) is 17.6 Å². The maximum atomic E-state index is 9.49. The van der Waals surface area contributed by atoms with Crippen molar-refractivity contribution in [2.75, 3.05) is 6.61 Å². The monoisotopic (exact) mass is 296 g/mol. The van der Waals surface area contributed by atoms with Crippen molar-refractivity contribution in [3.63, 3.8) is 0 Å². The molecule has 0 amide bonds. The number of aromatic nitrogens is 2. The Bertz CT molecular complexity index is 793. The molecule has 0 bridgehead atoms. The van der Waals surface area contributed by atoms with Crippen molar-refractivity contribution >= 4 is 11.0 Å². The molecule has 0 aliphatic rings. The van der Waals surface area contributed by atoms with Gasteiger partial charge >= 0.3 is 0 Å². The van der Waals surface area contributed by atoms with Crippen molar-refractivity contribution in [3.05, 3.63) is 59.4 Å². The van der Waals surface area contributed by atoms with Crippen molar-refractivity contribution in [2.45, 2.75) is 27.0 Å². The summed E-state index contributed by atoms with van der Waals surface area (Å²) in [6, 6.07) is 14.1. The van der Waals surface area contributed by atoms with Crippen LogP contribution in [0.15, 0.2) is 42.5 Å². The maximum absolute atomic E-state index is 9.49. The van der Waals surface area contributed by atoms with Crippen LogP contribution in [0.1, 0.15) is 17.0 Å². The number of rotatable bonds is 5. The number of aliphatic hydroxyl groups is 1. The lowest BCUT2D eigenvalue weighted by atomic mass is 10.1. The van der Waals surface area contributed by atoms with Gasteiger partial charge in [-0.3, -0.25) is 0 Å². The van der Waals surface area contributed by atoms with Gasteiger partial charge < -0.3 is 14.4 Å². The van der Waals surface area contributed by atoms with Gasteiger partial charge in [0.1, 0.15) is 24.8 Å². The molecule has 2 aromatic carbocycles. The van der Waals surface area contributed by atoms with Gasteiger partial charge in [-0.1, -0.05) is 24.3 Å². The largest absolute Gasteiger partial charge is 0.491 e. The van der Waals surface area contributed by atoms with Gasteiger partial charge in [0.2, 0.25) is 0 Å². The Morgan fingerprint density at radius 3 is 2.77 bits per heavy atom. The van der Waals surface area contributed by atoms with E-state index in [1.54, 1.807) is 0 Å². The molecule has 1 N–H and O–H groups in total. The predicted octanol–water partition coefficient (Wildman–Crippen LogP) is 3.22. The van der Waals surface area contributed by atoms with Gasteiger partial charge in [-0.15, -0.1) is 0 Å². The van der Waals surface area contributed by atoms with E-state index in [0.717, 1.165) is 22.3 Å². The number of ether oxygens (including phenoxy) is 1. The van der Waals surface area contributed by atoms with Crippen LogP contribution in [-0.4, -0.2) is 21.3 Å². The minimum Gasteiger partial charge on any atom is -0.491 e. The molecular formula is C18H20N2O2. The zero-order chi connectivity index (χ0) is 15.5. The van der Waals surface area contributed by atoms with Crippen molar-refractivity contribution in [2.24, 2.45) is 0 Å². The lowest BCUT2D eigenvalue weighted by molar-refractivity contribution is 0.255. The average Bonchev–Trinajstić information content (AvgIpc) is 2.89. The van der Waals surface area contributed by atoms with Crippen molar-refractivity contribution in [3.8, 4) is 5.75 Å². The highest BCUT2D eigenvalue weighted by molar-refractivity contribution is 5.75. The minimum atomic E-state index is -0.0713. The summed E-state index contributed by atoms with van der Waals surface area (Å²) in [5.74, 6) is 1.58. The third-order valence-corrected chi connectivity index (χ3v) is 3.79. The number of imidazole rings is 1. The number of nitrogens with zero attached hydrogens (tertiary/aromatic N) is 2. The number of para-hydroxylation sites is 2. The fourth-order valence-corrected chi connectivity index (χ4v) is 2.61. The van der Waals surface area contributed by atoms with Gasteiger partial charge in [-0.05, 0) is 43.2 Å². The topological polar surface area (TPSA) is 47.3 Å². The van der Waals surface area contributed by atoms with E-state index >= 15 is 0 Å². The van der Waals surface area contributed by atoms with Crippen LogP contribution in [-0.2, 0) is 13.2 Å². The normalized spacial score (nSPS) is 11.0. The average molecular weight is 296 g/mol. The lowest BCUT2D eigenvalue weighted by Gasteiger charge is -2.12. The third kappa shape index (κ3) is 2.83. The van der Waals surface area contributed by atoms with Crippen LogP contribution < -0.4 is 4.74 Å². The Morgan fingerprint density at radius 1 is 1.14 bits per heavy atom. The molecule has 4 heteroatoms. The molecule has 0 fully saturated rings. The van der Waals surface area contributed by atoms with Crippen LogP contribution in [0.25, 0.3) is 11.0 Å². The molecule has 3 rings (SSSR count). The van der Waals surface area contributed by atoms with Crippen LogP contribution in [0.5, 0.6) is 5.75 Å². The molecule has 0 aliphatic carbocycles. The summed E-state index contributed by atoms with van der Waals surface area (Å²) in [6.07, 6.45) is 0. The standard InChI is InChI=1S/C18H20N2O2/c1-13-7-8-14(2)17(11-13)22-10-9-20-16-6-4-3-5-15(16)19-18(20)12-21/h3-8,11,21H,9-10,12H2,1-2H3. The van der Waals surface area contributed by atoms with Crippen molar-refractivity contribution in [1.82, 2.24) is 9.55 Å². The van der Waals surface area contributed by atoms with Crippen LogP contribution in [0.2, 0.25) is 0 Å². The van der Waals surface area contributed by atoms with Crippen LogP contribution in [0.4, 0.5) is 0 Å². The number of aliphatic hydroxyl groups excluding tert-OH is 1. The molecule has 114 valence electrons. The first kappa shape index (κ1) is 14.6. The summed E-state index contributed by atoms with van der Waals surface area (Å²) in [6.45, 7) is 5.22. The summed E-state index contributed by atoms with van der Waals surface area (Å²) in [4.78, 5) is 4.45. The SMILES string of the molecule is Cc1ccc(C)c(OCCn2c(CO)nc3ccccc32)c1. The Kier molecular flexibility index (Phi) is 4.11. The molecule has 0 saturated heterocycles. The van der Waals surface area contributed by atoms with E-state index in [0.29, 0.717) is 19.0 Å². The zero-order valence-electron chi connectivity index (χ0n) is 12.9. The molecular weight excluding hydrogens is 276 g/mol. The van der Waals surface area contributed by atoms with Gasteiger partial charge in [-0.2, -0.15) is 0 Å². The Hall–Kier alpha value is -2.33.